The monoisotopic (exact) mass is 235 g/mol. The number of nitrogens with zero attached hydrogens (tertiary/aromatic N) is 2. The third-order valence-electron chi connectivity index (χ3n) is 0.862. The van der Waals surface area contributed by atoms with E-state index in [4.69, 9.17) is 0 Å². The second-order valence-electron chi connectivity index (χ2n) is 1.71. The second kappa shape index (κ2) is 10.0. The Balaban J connectivity index is 0. The fourth-order valence-corrected chi connectivity index (χ4v) is 2.05. The molecule has 62 valence electrons. The molecule has 13 heavy (non-hydrogen) atoms. The van der Waals surface area contributed by atoms with Crippen LogP contribution in [0, 0.1) is 0 Å². The molecule has 0 amide bonds. The number of nitrogens with one attached hydrogen (secondary N) is 1. The first kappa shape index (κ1) is 16.9. The van der Waals surface area contributed by atoms with Crippen molar-refractivity contribution in [2.24, 2.45) is 0 Å². The molecular formula is C5H7N3Na2OS2. The number of carbonyl (C=O) groups is 1. The molecule has 0 spiro atoms. The molecule has 0 aliphatic rings. The van der Waals surface area contributed by atoms with Crippen molar-refractivity contribution in [1.82, 2.24) is 15.4 Å². The number of H-pyrrole nitrogens is 1. The van der Waals surface area contributed by atoms with Crippen molar-refractivity contribution < 1.29 is 4.79 Å². The minimum Gasteiger partial charge on any atom is -0.288 e. The Labute approximate surface area is 129 Å². The number of carbonyl (C=O) groups excluding carboxylic acids is 1. The van der Waals surface area contributed by atoms with Gasteiger partial charge >= 0.3 is 0 Å². The van der Waals surface area contributed by atoms with Gasteiger partial charge in [-0.25, -0.2) is 0 Å². The van der Waals surface area contributed by atoms with Crippen LogP contribution in [0.2, 0.25) is 0 Å². The average molecular weight is 235 g/mol. The van der Waals surface area contributed by atoms with E-state index in [9.17, 15) is 4.79 Å². The molecule has 1 heterocycles. The van der Waals surface area contributed by atoms with Crippen LogP contribution in [0.3, 0.4) is 0 Å². The molecule has 1 rings (SSSR count). The summed E-state index contributed by atoms with van der Waals surface area (Å²) in [5.41, 5.74) is 0. The van der Waals surface area contributed by atoms with Crippen molar-refractivity contribution >= 4 is 87.8 Å². The largest absolute Gasteiger partial charge is 0.288 e. The molecule has 0 saturated heterocycles. The maximum Gasteiger partial charge on any atom is 0.186 e. The molecule has 1 N–H and O–H groups in total. The number of hydrogen-bond donors (Lipinski definition) is 1. The quantitative estimate of drug-likeness (QED) is 0.466. The van der Waals surface area contributed by atoms with Crippen molar-refractivity contribution in [3.05, 3.63) is 6.20 Å². The Morgan fingerprint density at radius 2 is 2.31 bits per heavy atom. The van der Waals surface area contributed by atoms with Crippen molar-refractivity contribution in [1.29, 1.82) is 0 Å². The van der Waals surface area contributed by atoms with E-state index < -0.39 is 0 Å². The molecule has 0 fully saturated rings. The summed E-state index contributed by atoms with van der Waals surface area (Å²) < 4.78 is 0. The second-order valence-corrected chi connectivity index (χ2v) is 4.22. The summed E-state index contributed by atoms with van der Waals surface area (Å²) in [7, 11) is 0. The van der Waals surface area contributed by atoms with Gasteiger partial charge in [-0.05, 0) is 0 Å². The summed E-state index contributed by atoms with van der Waals surface area (Å²) in [4.78, 5) is 10.5. The average Bonchev–Trinajstić information content (AvgIpc) is 2.39. The van der Waals surface area contributed by atoms with E-state index >= 15 is 0 Å². The van der Waals surface area contributed by atoms with Crippen LogP contribution in [0.25, 0.3) is 0 Å². The van der Waals surface area contributed by atoms with E-state index in [2.05, 4.69) is 15.4 Å². The number of rotatable bonds is 3. The van der Waals surface area contributed by atoms with Crippen molar-refractivity contribution in [3.8, 4) is 0 Å². The van der Waals surface area contributed by atoms with Crippen molar-refractivity contribution in [2.45, 2.75) is 11.9 Å². The van der Waals surface area contributed by atoms with Gasteiger partial charge in [0.15, 0.2) is 5.12 Å². The third kappa shape index (κ3) is 8.50. The van der Waals surface area contributed by atoms with Gasteiger partial charge in [0.25, 0.3) is 0 Å². The summed E-state index contributed by atoms with van der Waals surface area (Å²) >= 11 is 2.76. The van der Waals surface area contributed by atoms with Gasteiger partial charge in [-0.2, -0.15) is 10.3 Å². The number of aromatic nitrogens is 3. The minimum absolute atomic E-state index is 0. The van der Waals surface area contributed by atoms with Crippen LogP contribution in [0.15, 0.2) is 11.2 Å². The van der Waals surface area contributed by atoms with Gasteiger partial charge in [0, 0.05) is 66.0 Å². The van der Waals surface area contributed by atoms with Crippen LogP contribution in [-0.4, -0.2) is 84.7 Å². The Bertz CT molecular complexity index is 232. The molecule has 0 aromatic carbocycles. The topological polar surface area (TPSA) is 58.6 Å². The van der Waals surface area contributed by atoms with Gasteiger partial charge in [-0.15, -0.1) is 5.10 Å². The predicted octanol–water partition coefficient (Wildman–Crippen LogP) is 0.372. The number of thioether (sulfide) groups is 2. The maximum atomic E-state index is 10.5. The Morgan fingerprint density at radius 1 is 1.62 bits per heavy atom. The van der Waals surface area contributed by atoms with Gasteiger partial charge < -0.3 is 0 Å². The summed E-state index contributed by atoms with van der Waals surface area (Å²) in [6.07, 6.45) is 1.63. The Kier molecular flexibility index (Phi) is 13.1. The zero-order chi connectivity index (χ0) is 8.10. The Hall–Kier alpha value is 1.51. The van der Waals surface area contributed by atoms with Crippen LogP contribution in [0.5, 0.6) is 0 Å². The van der Waals surface area contributed by atoms with Crippen LogP contribution in [0.4, 0.5) is 0 Å². The van der Waals surface area contributed by atoms with Crippen molar-refractivity contribution in [2.75, 3.05) is 5.08 Å². The zero-order valence-electron chi connectivity index (χ0n) is 7.90. The van der Waals surface area contributed by atoms with Gasteiger partial charge in [-0.1, -0.05) is 23.5 Å². The van der Waals surface area contributed by atoms with Crippen molar-refractivity contribution in [3.63, 3.8) is 0 Å². The fourth-order valence-electron chi connectivity index (χ4n) is 0.433. The van der Waals surface area contributed by atoms with E-state index in [1.807, 2.05) is 0 Å². The molecule has 4 nitrogen and oxygen atoms in total. The van der Waals surface area contributed by atoms with Gasteiger partial charge in [0.1, 0.15) is 5.03 Å². The maximum absolute atomic E-state index is 10.5. The molecule has 1 aromatic rings. The van der Waals surface area contributed by atoms with Crippen LogP contribution >= 0.6 is 23.5 Å². The summed E-state index contributed by atoms with van der Waals surface area (Å²) in [6.45, 7) is 1.55. The first-order chi connectivity index (χ1) is 5.29. The molecule has 8 heteroatoms. The smallest absolute Gasteiger partial charge is 0.186 e. The van der Waals surface area contributed by atoms with Gasteiger partial charge in [-0.3, -0.25) is 4.79 Å². The van der Waals surface area contributed by atoms with E-state index in [-0.39, 0.29) is 64.2 Å². The SMILES string of the molecule is CC(=O)SCSc1cn[nH]n1.[Na].[Na]. The van der Waals surface area contributed by atoms with E-state index in [0.29, 0.717) is 5.08 Å². The van der Waals surface area contributed by atoms with E-state index in [1.165, 1.54) is 23.5 Å². The first-order valence-corrected chi connectivity index (χ1v) is 4.88. The van der Waals surface area contributed by atoms with Crippen LogP contribution < -0.4 is 0 Å². The van der Waals surface area contributed by atoms with E-state index in [1.54, 1.807) is 13.1 Å². The summed E-state index contributed by atoms with van der Waals surface area (Å²) in [6, 6.07) is 0. The summed E-state index contributed by atoms with van der Waals surface area (Å²) in [5.74, 6) is 0. The molecule has 0 aliphatic carbocycles. The standard InChI is InChI=1S/C5H7N3OS2.2Na/c1-4(9)10-3-11-5-2-6-8-7-5;;/h2H,3H2,1H3,(H,6,7,8);;. The molecule has 0 unspecified atom stereocenters. The molecule has 2 radical (unpaired) electrons. The van der Waals surface area contributed by atoms with E-state index in [0.717, 1.165) is 5.03 Å². The van der Waals surface area contributed by atoms with Gasteiger partial charge in [0.05, 0.1) is 11.3 Å². The number of hydrogen-bond acceptors (Lipinski definition) is 5. The van der Waals surface area contributed by atoms with Gasteiger partial charge in [0.2, 0.25) is 0 Å². The normalized spacial score (nSPS) is 8.38. The van der Waals surface area contributed by atoms with Crippen LogP contribution in [-0.2, 0) is 4.79 Å². The third-order valence-corrected chi connectivity index (χ3v) is 2.70. The molecular weight excluding hydrogens is 228 g/mol. The molecule has 0 saturated carbocycles. The minimum atomic E-state index is 0. The summed E-state index contributed by atoms with van der Waals surface area (Å²) in [5, 5.41) is 11.6. The van der Waals surface area contributed by atoms with Crippen LogP contribution in [0.1, 0.15) is 6.92 Å². The molecule has 0 bridgehead atoms. The first-order valence-electron chi connectivity index (χ1n) is 2.91. The molecule has 0 atom stereocenters. The molecule has 1 aromatic heterocycles. The fraction of sp³-hybridized carbons (Fsp3) is 0.400. The predicted molar refractivity (Wildman–Crippen MR) is 56.9 cm³/mol. The Morgan fingerprint density at radius 3 is 2.77 bits per heavy atom. The zero-order valence-corrected chi connectivity index (χ0v) is 13.5. The number of aromatic amines is 1. The molecule has 0 aliphatic heterocycles.